The largest absolute Gasteiger partial charge is 0.328 e. The van der Waals surface area contributed by atoms with E-state index in [-0.39, 0.29) is 4.70 Å². The van der Waals surface area contributed by atoms with Gasteiger partial charge in [-0.3, -0.25) is 4.70 Å². The molecule has 0 aliphatic heterocycles. The van der Waals surface area contributed by atoms with Crippen LogP contribution in [0.1, 0.15) is 19.3 Å². The van der Waals surface area contributed by atoms with E-state index in [9.17, 15) is 0 Å². The van der Waals surface area contributed by atoms with Crippen LogP contribution in [0.2, 0.25) is 0 Å². The van der Waals surface area contributed by atoms with Crippen LogP contribution in [-0.2, 0) is 0 Å². The van der Waals surface area contributed by atoms with Crippen LogP contribution in [0.4, 0.5) is 4.70 Å². The molecule has 1 rings (SSSR count). The third kappa shape index (κ3) is 0.937. The Balaban J connectivity index is 0.000000250. The number of halogens is 1. The van der Waals surface area contributed by atoms with Crippen molar-refractivity contribution in [3.05, 3.63) is 0 Å². The average molecular weight is 91.1 g/mol. The molecule has 0 radical (unpaired) electrons. The van der Waals surface area contributed by atoms with Crippen molar-refractivity contribution in [2.24, 2.45) is 5.73 Å². The summed E-state index contributed by atoms with van der Waals surface area (Å²) in [6.45, 7) is 0. The Kier molecular flexibility index (Phi) is 2.09. The molecule has 0 heterocycles. The zero-order chi connectivity index (χ0) is 3.70. The summed E-state index contributed by atoms with van der Waals surface area (Å²) in [4.78, 5) is 0. The fourth-order valence-electron chi connectivity index (χ4n) is 0.440. The summed E-state index contributed by atoms with van der Waals surface area (Å²) in [5.74, 6) is 0. The molecule has 1 nitrogen and oxygen atoms in total. The van der Waals surface area contributed by atoms with Gasteiger partial charge in [-0.15, -0.1) is 0 Å². The lowest BCUT2D eigenvalue weighted by Crippen LogP contribution is -2.27. The van der Waals surface area contributed by atoms with Crippen LogP contribution in [0.3, 0.4) is 0 Å². The minimum absolute atomic E-state index is 0. The molecule has 0 aromatic carbocycles. The van der Waals surface area contributed by atoms with E-state index in [1.807, 2.05) is 0 Å². The standard InChI is InChI=1S/C4H9N.FH/c5-4-2-1-3-4;/h4H,1-3,5H2;1H. The summed E-state index contributed by atoms with van der Waals surface area (Å²) in [7, 11) is 0. The van der Waals surface area contributed by atoms with Gasteiger partial charge < -0.3 is 5.73 Å². The second kappa shape index (κ2) is 2.13. The first-order chi connectivity index (χ1) is 2.39. The third-order valence-electron chi connectivity index (χ3n) is 1.15. The summed E-state index contributed by atoms with van der Waals surface area (Å²) in [5.41, 5.74) is 5.38. The van der Waals surface area contributed by atoms with Gasteiger partial charge in [0.1, 0.15) is 0 Å². The molecule has 1 aliphatic rings. The highest BCUT2D eigenvalue weighted by Gasteiger charge is 2.09. The average Bonchev–Trinajstić information content (AvgIpc) is 1.30. The SMILES string of the molecule is F.NC1CCC1. The van der Waals surface area contributed by atoms with Crippen LogP contribution in [-0.4, -0.2) is 6.04 Å². The van der Waals surface area contributed by atoms with Crippen molar-refractivity contribution < 1.29 is 4.70 Å². The zero-order valence-corrected chi connectivity index (χ0v) is 3.68. The lowest BCUT2D eigenvalue weighted by atomic mass is 9.95. The van der Waals surface area contributed by atoms with Crippen molar-refractivity contribution in [3.63, 3.8) is 0 Å². The van der Waals surface area contributed by atoms with Gasteiger partial charge in [0.2, 0.25) is 0 Å². The monoisotopic (exact) mass is 91.1 g/mol. The van der Waals surface area contributed by atoms with Gasteiger partial charge >= 0.3 is 0 Å². The van der Waals surface area contributed by atoms with Crippen molar-refractivity contribution in [3.8, 4) is 0 Å². The van der Waals surface area contributed by atoms with Gasteiger partial charge in [0.25, 0.3) is 0 Å². The maximum absolute atomic E-state index is 5.38. The molecule has 6 heavy (non-hydrogen) atoms. The van der Waals surface area contributed by atoms with E-state index < -0.39 is 0 Å². The summed E-state index contributed by atoms with van der Waals surface area (Å²) in [5, 5.41) is 0. The van der Waals surface area contributed by atoms with E-state index >= 15 is 0 Å². The Morgan fingerprint density at radius 3 is 1.67 bits per heavy atom. The molecule has 38 valence electrons. The normalized spacial score (nSPS) is 21.5. The number of nitrogens with two attached hydrogens (primary N) is 1. The lowest BCUT2D eigenvalue weighted by Gasteiger charge is -2.18. The van der Waals surface area contributed by atoms with Crippen molar-refractivity contribution in [1.82, 2.24) is 0 Å². The van der Waals surface area contributed by atoms with Crippen molar-refractivity contribution in [2.45, 2.75) is 25.3 Å². The Hall–Kier alpha value is -0.110. The molecule has 0 bridgehead atoms. The molecule has 2 N–H and O–H groups in total. The molecule has 1 saturated carbocycles. The maximum Gasteiger partial charge on any atom is 0.00388 e. The zero-order valence-electron chi connectivity index (χ0n) is 3.68. The van der Waals surface area contributed by atoms with Gasteiger partial charge in [0, 0.05) is 6.04 Å². The summed E-state index contributed by atoms with van der Waals surface area (Å²) in [6.07, 6.45) is 3.89. The van der Waals surface area contributed by atoms with Gasteiger partial charge in [0.05, 0.1) is 0 Å². The number of hydrogen-bond donors (Lipinski definition) is 1. The van der Waals surface area contributed by atoms with Gasteiger partial charge in [-0.2, -0.15) is 0 Å². The molecular weight excluding hydrogens is 81.0 g/mol. The van der Waals surface area contributed by atoms with Crippen molar-refractivity contribution in [2.75, 3.05) is 0 Å². The van der Waals surface area contributed by atoms with Crippen molar-refractivity contribution in [1.29, 1.82) is 0 Å². The van der Waals surface area contributed by atoms with E-state index in [4.69, 9.17) is 5.73 Å². The molecule has 0 aromatic rings. The molecule has 0 unspecified atom stereocenters. The fourth-order valence-corrected chi connectivity index (χ4v) is 0.440. The first-order valence-electron chi connectivity index (χ1n) is 2.15. The van der Waals surface area contributed by atoms with E-state index in [1.54, 1.807) is 0 Å². The predicted molar refractivity (Wildman–Crippen MR) is 24.3 cm³/mol. The van der Waals surface area contributed by atoms with E-state index in [2.05, 4.69) is 0 Å². The highest BCUT2D eigenvalue weighted by Crippen LogP contribution is 2.14. The van der Waals surface area contributed by atoms with Crippen LogP contribution >= 0.6 is 0 Å². The topological polar surface area (TPSA) is 26.0 Å². The Morgan fingerprint density at radius 1 is 1.33 bits per heavy atom. The van der Waals surface area contributed by atoms with Crippen molar-refractivity contribution >= 4 is 0 Å². The van der Waals surface area contributed by atoms with Gasteiger partial charge in [-0.25, -0.2) is 0 Å². The van der Waals surface area contributed by atoms with Gasteiger partial charge in [-0.05, 0) is 12.8 Å². The minimum Gasteiger partial charge on any atom is -0.328 e. The van der Waals surface area contributed by atoms with Gasteiger partial charge in [0.15, 0.2) is 0 Å². The Labute approximate surface area is 36.9 Å². The minimum atomic E-state index is 0. The molecule has 0 saturated heterocycles. The van der Waals surface area contributed by atoms with Crippen LogP contribution in [0.25, 0.3) is 0 Å². The first kappa shape index (κ1) is 5.89. The highest BCUT2D eigenvalue weighted by atomic mass is 19.0. The molecule has 0 aromatic heterocycles. The molecule has 0 amide bonds. The van der Waals surface area contributed by atoms with Crippen LogP contribution < -0.4 is 5.73 Å². The second-order valence-electron chi connectivity index (χ2n) is 1.69. The molecule has 1 fully saturated rings. The van der Waals surface area contributed by atoms with Gasteiger partial charge in [-0.1, -0.05) is 6.42 Å². The number of rotatable bonds is 0. The lowest BCUT2D eigenvalue weighted by molar-refractivity contribution is 0.418. The van der Waals surface area contributed by atoms with Crippen LogP contribution in [0.15, 0.2) is 0 Å². The molecule has 0 spiro atoms. The van der Waals surface area contributed by atoms with E-state index in [1.165, 1.54) is 19.3 Å². The first-order valence-corrected chi connectivity index (χ1v) is 2.15. The quantitative estimate of drug-likeness (QED) is 0.465. The number of hydrogen-bond acceptors (Lipinski definition) is 1. The summed E-state index contributed by atoms with van der Waals surface area (Å²) in [6, 6.07) is 0.565. The Morgan fingerprint density at radius 2 is 1.67 bits per heavy atom. The smallest absolute Gasteiger partial charge is 0.00388 e. The molecular formula is C4H10FN. The van der Waals surface area contributed by atoms with E-state index in [0.29, 0.717) is 6.04 Å². The fraction of sp³-hybridized carbons (Fsp3) is 1.00. The highest BCUT2D eigenvalue weighted by molar-refractivity contribution is 4.70. The summed E-state index contributed by atoms with van der Waals surface area (Å²) >= 11 is 0. The van der Waals surface area contributed by atoms with E-state index in [0.717, 1.165) is 0 Å². The third-order valence-corrected chi connectivity index (χ3v) is 1.15. The molecule has 1 aliphatic carbocycles. The maximum atomic E-state index is 5.38. The molecule has 2 heteroatoms. The van der Waals surface area contributed by atoms with Crippen LogP contribution in [0.5, 0.6) is 0 Å². The Bertz CT molecular complexity index is 34.5. The molecule has 0 atom stereocenters. The summed E-state index contributed by atoms with van der Waals surface area (Å²) < 4.78 is 0. The van der Waals surface area contributed by atoms with Crippen LogP contribution in [0, 0.1) is 0 Å². The predicted octanol–water partition coefficient (Wildman–Crippen LogP) is 0.650. The second-order valence-corrected chi connectivity index (χ2v) is 1.69.